The van der Waals surface area contributed by atoms with Crippen molar-refractivity contribution in [2.75, 3.05) is 18.6 Å². The molecule has 0 bridgehead atoms. The topological polar surface area (TPSA) is 183 Å². The highest BCUT2D eigenvalue weighted by Crippen LogP contribution is 2.40. The molecule has 13 nitrogen and oxygen atoms in total. The molecule has 1 fully saturated rings. The Bertz CT molecular complexity index is 1430. The van der Waals surface area contributed by atoms with Crippen LogP contribution in [0.4, 0.5) is 5.13 Å². The van der Waals surface area contributed by atoms with Crippen LogP contribution in [0.3, 0.4) is 0 Å². The lowest BCUT2D eigenvalue weighted by Crippen LogP contribution is -2.71. The van der Waals surface area contributed by atoms with Crippen LogP contribution in [0.2, 0.25) is 0 Å². The summed E-state index contributed by atoms with van der Waals surface area (Å²) in [5.41, 5.74) is 7.63. The van der Waals surface area contributed by atoms with E-state index in [1.165, 1.54) is 18.9 Å². The molecule has 3 aromatic rings. The van der Waals surface area contributed by atoms with Gasteiger partial charge in [0.25, 0.3) is 11.8 Å². The van der Waals surface area contributed by atoms with E-state index in [0.29, 0.717) is 11.3 Å². The number of H-pyrrole nitrogens is 1. The smallest absolute Gasteiger partial charge is 0.276 e. The van der Waals surface area contributed by atoms with Gasteiger partial charge in [-0.3, -0.25) is 19.6 Å². The van der Waals surface area contributed by atoms with Crippen molar-refractivity contribution in [2.45, 2.75) is 18.0 Å². The van der Waals surface area contributed by atoms with Crippen molar-refractivity contribution in [1.29, 1.82) is 0 Å². The fourth-order valence-electron chi connectivity index (χ4n) is 4.11. The SMILES string of the molecule is CO/N=C(\C(=O)N[C@H]1C(=O)N2C(C(=O)[O-])=C(C[n+]3cccc(-c4cc[nH]n4)c3)CS[C@@H]12)c1csc(N)n1. The maximum Gasteiger partial charge on any atom is 0.276 e. The van der Waals surface area contributed by atoms with Crippen molar-refractivity contribution < 1.29 is 28.9 Å². The number of nitrogen functional groups attached to an aromatic ring is 1. The Morgan fingerprint density at radius 2 is 2.27 bits per heavy atom. The molecule has 0 aliphatic carbocycles. The summed E-state index contributed by atoms with van der Waals surface area (Å²) >= 11 is 2.47. The quantitative estimate of drug-likeness (QED) is 0.138. The molecule has 0 radical (unpaired) electrons. The highest BCUT2D eigenvalue weighted by Gasteiger charge is 2.53. The van der Waals surface area contributed by atoms with E-state index in [1.54, 1.807) is 17.8 Å². The van der Waals surface area contributed by atoms with Gasteiger partial charge in [0.2, 0.25) is 0 Å². The molecule has 5 heterocycles. The number of nitrogens with one attached hydrogen (secondary N) is 2. The van der Waals surface area contributed by atoms with Gasteiger partial charge in [0.05, 0.1) is 22.9 Å². The van der Waals surface area contributed by atoms with Crippen LogP contribution in [0.15, 0.2) is 58.6 Å². The van der Waals surface area contributed by atoms with Crippen LogP contribution in [0.25, 0.3) is 11.3 Å². The number of hydrogen-bond donors (Lipinski definition) is 3. The first kappa shape index (κ1) is 24.5. The monoisotopic (exact) mass is 540 g/mol. The van der Waals surface area contributed by atoms with Crippen molar-refractivity contribution >= 4 is 51.7 Å². The second-order valence-electron chi connectivity index (χ2n) is 8.02. The predicted molar refractivity (Wildman–Crippen MR) is 131 cm³/mol. The summed E-state index contributed by atoms with van der Waals surface area (Å²) < 4.78 is 1.82. The van der Waals surface area contributed by atoms with E-state index in [2.05, 4.69) is 25.7 Å². The molecule has 3 aromatic heterocycles. The molecule has 2 aliphatic rings. The molecular weight excluding hydrogens is 520 g/mol. The standard InChI is InChI=1S/C22H20N8O5S2/c1-35-28-15(14-10-37-22(23)25-14)18(31)26-16-19(32)30-17(21(33)34)12(9-36-20(16)30)8-29-6-2-3-11(7-29)13-4-5-24-27-13/h2-7,10,16,20H,8-9H2,1H3,(H4-,23,24,25,26,27,31,33,34)/b28-15-/t16-,20-/m0/s1. The average Bonchev–Trinajstić information content (AvgIpc) is 3.57. The van der Waals surface area contributed by atoms with Gasteiger partial charge in [-0.15, -0.1) is 23.1 Å². The van der Waals surface area contributed by atoms with E-state index in [0.717, 1.165) is 27.5 Å². The van der Waals surface area contributed by atoms with Gasteiger partial charge >= 0.3 is 0 Å². The Kier molecular flexibility index (Phi) is 6.62. The van der Waals surface area contributed by atoms with Gasteiger partial charge < -0.3 is 25.8 Å². The molecule has 1 saturated heterocycles. The molecule has 2 aliphatic heterocycles. The zero-order chi connectivity index (χ0) is 26.1. The fourth-order valence-corrected chi connectivity index (χ4v) is 5.99. The molecule has 15 heteroatoms. The van der Waals surface area contributed by atoms with Crippen LogP contribution in [0.1, 0.15) is 5.69 Å². The second-order valence-corrected chi connectivity index (χ2v) is 10.0. The van der Waals surface area contributed by atoms with Gasteiger partial charge in [0.15, 0.2) is 29.8 Å². The number of aromatic amines is 1. The number of carbonyl (C=O) groups is 3. The van der Waals surface area contributed by atoms with Gasteiger partial charge in [0.1, 0.15) is 24.2 Å². The summed E-state index contributed by atoms with van der Waals surface area (Å²) in [6.07, 6.45) is 5.35. The maximum absolute atomic E-state index is 13.0. The summed E-state index contributed by atoms with van der Waals surface area (Å²) in [5.74, 6) is -2.39. The van der Waals surface area contributed by atoms with E-state index in [-0.39, 0.29) is 28.8 Å². The molecule has 2 atom stereocenters. The minimum absolute atomic E-state index is 0.146. The third-order valence-corrected chi connectivity index (χ3v) is 7.73. The second kappa shape index (κ2) is 10.0. The average molecular weight is 541 g/mol. The lowest BCUT2D eigenvalue weighted by atomic mass is 10.0. The van der Waals surface area contributed by atoms with Crippen molar-refractivity contribution in [3.63, 3.8) is 0 Å². The number of aromatic nitrogens is 4. The van der Waals surface area contributed by atoms with Crippen LogP contribution in [0, 0.1) is 0 Å². The molecule has 0 saturated carbocycles. The number of oxime groups is 1. The van der Waals surface area contributed by atoms with Gasteiger partial charge in [-0.25, -0.2) is 9.55 Å². The Balaban J connectivity index is 1.35. The molecule has 37 heavy (non-hydrogen) atoms. The van der Waals surface area contributed by atoms with Crippen LogP contribution in [-0.2, 0) is 25.8 Å². The number of rotatable bonds is 8. The Labute approximate surface area is 218 Å². The third kappa shape index (κ3) is 4.65. The maximum atomic E-state index is 13.0. The highest BCUT2D eigenvalue weighted by molar-refractivity contribution is 8.00. The molecule has 0 spiro atoms. The lowest BCUT2D eigenvalue weighted by molar-refractivity contribution is -0.688. The first-order valence-electron chi connectivity index (χ1n) is 10.9. The molecule has 4 N–H and O–H groups in total. The van der Waals surface area contributed by atoms with Crippen molar-refractivity contribution in [3.05, 3.63) is 59.1 Å². The van der Waals surface area contributed by atoms with Gasteiger partial charge in [0, 0.05) is 29.0 Å². The first-order valence-corrected chi connectivity index (χ1v) is 12.8. The summed E-state index contributed by atoms with van der Waals surface area (Å²) in [5, 5.41) is 26.5. The van der Waals surface area contributed by atoms with Crippen LogP contribution < -0.4 is 20.7 Å². The third-order valence-electron chi connectivity index (χ3n) is 5.72. The van der Waals surface area contributed by atoms with Gasteiger partial charge in [-0.2, -0.15) is 5.10 Å². The number of carboxylic acid groups (broad SMARTS) is 1. The highest BCUT2D eigenvalue weighted by atomic mass is 32.2. The first-order chi connectivity index (χ1) is 17.9. The summed E-state index contributed by atoms with van der Waals surface area (Å²) in [6.45, 7) is 0.234. The minimum Gasteiger partial charge on any atom is -0.543 e. The Hall–Kier alpha value is -4.24. The number of nitrogens with two attached hydrogens (primary N) is 1. The number of carboxylic acids is 1. The lowest BCUT2D eigenvalue weighted by Gasteiger charge is -2.50. The molecule has 0 unspecified atom stereocenters. The number of thiazole rings is 1. The van der Waals surface area contributed by atoms with Crippen molar-refractivity contribution in [1.82, 2.24) is 25.4 Å². The number of aliphatic carboxylic acids is 1. The number of thioether (sulfide) groups is 1. The summed E-state index contributed by atoms with van der Waals surface area (Å²) in [7, 11) is 1.27. The number of carbonyl (C=O) groups excluding carboxylic acids is 3. The normalized spacial score (nSPS) is 19.3. The minimum atomic E-state index is -1.46. The zero-order valence-corrected chi connectivity index (χ0v) is 20.9. The molecular formula is C22H20N8O5S2. The number of β-lactam (4-membered cyclic amide) rings is 1. The Morgan fingerprint density at radius 1 is 1.43 bits per heavy atom. The zero-order valence-electron chi connectivity index (χ0n) is 19.3. The van der Waals surface area contributed by atoms with E-state index in [9.17, 15) is 19.5 Å². The van der Waals surface area contributed by atoms with Crippen LogP contribution in [0.5, 0.6) is 0 Å². The van der Waals surface area contributed by atoms with Crippen LogP contribution >= 0.6 is 23.1 Å². The van der Waals surface area contributed by atoms with E-state index < -0.39 is 29.2 Å². The van der Waals surface area contributed by atoms with Gasteiger partial charge in [-0.1, -0.05) is 5.16 Å². The molecule has 5 rings (SSSR count). The number of hydrogen-bond acceptors (Lipinski definition) is 11. The van der Waals surface area contributed by atoms with E-state index in [1.807, 2.05) is 29.0 Å². The fraction of sp³-hybridized carbons (Fsp3) is 0.227. The summed E-state index contributed by atoms with van der Waals surface area (Å²) in [6, 6.07) is 4.59. The number of amides is 2. The van der Waals surface area contributed by atoms with E-state index >= 15 is 0 Å². The number of anilines is 1. The van der Waals surface area contributed by atoms with E-state index in [4.69, 9.17) is 10.6 Å². The number of nitrogens with zero attached hydrogens (tertiary/aromatic N) is 5. The van der Waals surface area contributed by atoms with Crippen LogP contribution in [-0.4, -0.2) is 67.9 Å². The largest absolute Gasteiger partial charge is 0.543 e. The predicted octanol–water partition coefficient (Wildman–Crippen LogP) is -1.14. The molecule has 0 aromatic carbocycles. The molecule has 190 valence electrons. The number of pyridine rings is 1. The summed E-state index contributed by atoms with van der Waals surface area (Å²) in [4.78, 5) is 48.0. The molecule has 2 amide bonds. The van der Waals surface area contributed by atoms with Crippen molar-refractivity contribution in [2.24, 2.45) is 5.16 Å². The number of fused-ring (bicyclic) bond motifs is 1. The van der Waals surface area contributed by atoms with Crippen molar-refractivity contribution in [3.8, 4) is 11.3 Å². The van der Waals surface area contributed by atoms with Gasteiger partial charge in [-0.05, 0) is 12.1 Å². The Morgan fingerprint density at radius 3 is 2.95 bits per heavy atom.